The van der Waals surface area contributed by atoms with Crippen LogP contribution in [0.3, 0.4) is 0 Å². The summed E-state index contributed by atoms with van der Waals surface area (Å²) in [5, 5.41) is 7.75. The van der Waals surface area contributed by atoms with Crippen LogP contribution in [0.1, 0.15) is 32.7 Å². The Hall–Kier alpha value is -1.33. The SMILES string of the molecule is CC(C)Cn1c(C(C)Oc2cccc(Cl)c2)n[nH]c1=S. The standard InChI is InChI=1S/C14H18ClN3OS/c1-9(2)8-18-13(16-17-14(18)20)10(3)19-12-6-4-5-11(15)7-12/h4-7,9-10H,8H2,1-3H3,(H,17,20). The van der Waals surface area contributed by atoms with E-state index in [1.165, 1.54) is 0 Å². The monoisotopic (exact) mass is 311 g/mol. The van der Waals surface area contributed by atoms with Crippen LogP contribution >= 0.6 is 23.8 Å². The number of H-pyrrole nitrogens is 1. The van der Waals surface area contributed by atoms with Crippen molar-refractivity contribution in [3.63, 3.8) is 0 Å². The van der Waals surface area contributed by atoms with E-state index >= 15 is 0 Å². The molecule has 1 unspecified atom stereocenters. The van der Waals surface area contributed by atoms with Crippen LogP contribution in [-0.4, -0.2) is 14.8 Å². The van der Waals surface area contributed by atoms with E-state index in [-0.39, 0.29) is 6.10 Å². The maximum absolute atomic E-state index is 5.95. The third kappa shape index (κ3) is 3.61. The summed E-state index contributed by atoms with van der Waals surface area (Å²) < 4.78 is 8.48. The molecule has 2 aromatic rings. The molecule has 108 valence electrons. The molecular weight excluding hydrogens is 294 g/mol. The molecule has 0 aliphatic rings. The molecule has 0 aliphatic heterocycles. The lowest BCUT2D eigenvalue weighted by Crippen LogP contribution is -2.14. The number of halogens is 1. The Labute approximate surface area is 128 Å². The largest absolute Gasteiger partial charge is 0.483 e. The van der Waals surface area contributed by atoms with E-state index in [1.807, 2.05) is 29.7 Å². The number of hydrogen-bond donors (Lipinski definition) is 1. The number of aromatic nitrogens is 3. The summed E-state index contributed by atoms with van der Waals surface area (Å²) >= 11 is 11.2. The van der Waals surface area contributed by atoms with Crippen LogP contribution in [0.15, 0.2) is 24.3 Å². The van der Waals surface area contributed by atoms with Crippen LogP contribution < -0.4 is 4.74 Å². The fraction of sp³-hybridized carbons (Fsp3) is 0.429. The van der Waals surface area contributed by atoms with Gasteiger partial charge in [-0.3, -0.25) is 5.10 Å². The molecule has 6 heteroatoms. The zero-order valence-electron chi connectivity index (χ0n) is 11.8. The summed E-state index contributed by atoms with van der Waals surface area (Å²) in [4.78, 5) is 0. The Morgan fingerprint density at radius 3 is 2.80 bits per heavy atom. The average molecular weight is 312 g/mol. The third-order valence-electron chi connectivity index (χ3n) is 2.81. The fourth-order valence-electron chi connectivity index (χ4n) is 1.98. The second-order valence-corrected chi connectivity index (χ2v) is 5.93. The first-order chi connectivity index (χ1) is 9.47. The van der Waals surface area contributed by atoms with Crippen molar-refractivity contribution in [1.82, 2.24) is 14.8 Å². The highest BCUT2D eigenvalue weighted by Crippen LogP contribution is 2.23. The number of nitrogens with one attached hydrogen (secondary N) is 1. The molecule has 1 aromatic carbocycles. The summed E-state index contributed by atoms with van der Waals surface area (Å²) in [5.41, 5.74) is 0. The topological polar surface area (TPSA) is 42.8 Å². The van der Waals surface area contributed by atoms with Gasteiger partial charge >= 0.3 is 0 Å². The first kappa shape index (κ1) is 15.1. The molecule has 0 saturated heterocycles. The van der Waals surface area contributed by atoms with Gasteiger partial charge in [-0.15, -0.1) is 0 Å². The molecule has 1 atom stereocenters. The van der Waals surface area contributed by atoms with Gasteiger partial charge in [0.25, 0.3) is 0 Å². The normalized spacial score (nSPS) is 12.7. The molecule has 1 N–H and O–H groups in total. The van der Waals surface area contributed by atoms with Crippen LogP contribution in [0.25, 0.3) is 0 Å². The Morgan fingerprint density at radius 1 is 1.40 bits per heavy atom. The fourth-order valence-corrected chi connectivity index (χ4v) is 2.37. The minimum Gasteiger partial charge on any atom is -0.483 e. The molecule has 4 nitrogen and oxygen atoms in total. The Morgan fingerprint density at radius 2 is 2.15 bits per heavy atom. The summed E-state index contributed by atoms with van der Waals surface area (Å²) in [6, 6.07) is 7.33. The summed E-state index contributed by atoms with van der Waals surface area (Å²) in [7, 11) is 0. The predicted octanol–water partition coefficient (Wildman–Crippen LogP) is 4.39. The average Bonchev–Trinajstić information content (AvgIpc) is 2.70. The second-order valence-electron chi connectivity index (χ2n) is 5.11. The molecule has 20 heavy (non-hydrogen) atoms. The number of benzene rings is 1. The van der Waals surface area contributed by atoms with E-state index in [4.69, 9.17) is 28.6 Å². The minimum atomic E-state index is -0.208. The number of nitrogens with zero attached hydrogens (tertiary/aromatic N) is 2. The molecule has 0 fully saturated rings. The van der Waals surface area contributed by atoms with Gasteiger partial charge in [0.1, 0.15) is 5.75 Å². The van der Waals surface area contributed by atoms with Crippen LogP contribution in [-0.2, 0) is 6.54 Å². The first-order valence-corrected chi connectivity index (χ1v) is 7.33. The van der Waals surface area contributed by atoms with Gasteiger partial charge in [0, 0.05) is 11.6 Å². The highest BCUT2D eigenvalue weighted by molar-refractivity contribution is 7.71. The maximum Gasteiger partial charge on any atom is 0.195 e. The lowest BCUT2D eigenvalue weighted by Gasteiger charge is -2.16. The van der Waals surface area contributed by atoms with E-state index in [1.54, 1.807) is 6.07 Å². The molecular formula is C14H18ClN3OS. The van der Waals surface area contributed by atoms with E-state index in [0.29, 0.717) is 15.7 Å². The van der Waals surface area contributed by atoms with Gasteiger partial charge in [0.15, 0.2) is 16.7 Å². The third-order valence-corrected chi connectivity index (χ3v) is 3.35. The van der Waals surface area contributed by atoms with E-state index < -0.39 is 0 Å². The number of aromatic amines is 1. The smallest absolute Gasteiger partial charge is 0.195 e. The molecule has 2 rings (SSSR count). The van der Waals surface area contributed by atoms with Gasteiger partial charge in [-0.05, 0) is 43.3 Å². The van der Waals surface area contributed by atoms with Crippen molar-refractivity contribution in [2.24, 2.45) is 5.92 Å². The highest BCUT2D eigenvalue weighted by atomic mass is 35.5. The lowest BCUT2D eigenvalue weighted by atomic mass is 10.2. The van der Waals surface area contributed by atoms with Crippen molar-refractivity contribution in [3.8, 4) is 5.75 Å². The zero-order chi connectivity index (χ0) is 14.7. The molecule has 0 bridgehead atoms. The Bertz CT molecular complexity index is 635. The lowest BCUT2D eigenvalue weighted by molar-refractivity contribution is 0.208. The van der Waals surface area contributed by atoms with Crippen molar-refractivity contribution in [1.29, 1.82) is 0 Å². The van der Waals surface area contributed by atoms with Crippen LogP contribution in [0.4, 0.5) is 0 Å². The molecule has 0 spiro atoms. The van der Waals surface area contributed by atoms with Crippen molar-refractivity contribution in [2.75, 3.05) is 0 Å². The van der Waals surface area contributed by atoms with Crippen molar-refractivity contribution in [3.05, 3.63) is 39.9 Å². The number of ether oxygens (including phenoxy) is 1. The van der Waals surface area contributed by atoms with Crippen molar-refractivity contribution >= 4 is 23.8 Å². The molecule has 0 radical (unpaired) electrons. The van der Waals surface area contributed by atoms with Gasteiger partial charge < -0.3 is 9.30 Å². The predicted molar refractivity (Wildman–Crippen MR) is 82.7 cm³/mol. The van der Waals surface area contributed by atoms with Crippen molar-refractivity contribution < 1.29 is 4.74 Å². The highest BCUT2D eigenvalue weighted by Gasteiger charge is 2.16. The van der Waals surface area contributed by atoms with E-state index in [0.717, 1.165) is 18.1 Å². The van der Waals surface area contributed by atoms with Gasteiger partial charge in [-0.2, -0.15) is 5.10 Å². The summed E-state index contributed by atoms with van der Waals surface area (Å²) in [6.45, 7) is 7.04. The molecule has 0 saturated carbocycles. The number of hydrogen-bond acceptors (Lipinski definition) is 3. The van der Waals surface area contributed by atoms with Crippen LogP contribution in [0.5, 0.6) is 5.75 Å². The molecule has 1 heterocycles. The van der Waals surface area contributed by atoms with Gasteiger partial charge in [0.05, 0.1) is 0 Å². The second kappa shape index (κ2) is 6.41. The molecule has 1 aromatic heterocycles. The van der Waals surface area contributed by atoms with Gasteiger partial charge in [0.2, 0.25) is 0 Å². The minimum absolute atomic E-state index is 0.208. The quantitative estimate of drug-likeness (QED) is 0.833. The summed E-state index contributed by atoms with van der Waals surface area (Å²) in [6.07, 6.45) is -0.208. The van der Waals surface area contributed by atoms with Crippen molar-refractivity contribution in [2.45, 2.75) is 33.4 Å². The molecule has 0 amide bonds. The van der Waals surface area contributed by atoms with Gasteiger partial charge in [-0.1, -0.05) is 31.5 Å². The van der Waals surface area contributed by atoms with Gasteiger partial charge in [-0.25, -0.2) is 0 Å². The van der Waals surface area contributed by atoms with Crippen LogP contribution in [0.2, 0.25) is 5.02 Å². The summed E-state index contributed by atoms with van der Waals surface area (Å²) in [5.74, 6) is 2.00. The van der Waals surface area contributed by atoms with E-state index in [2.05, 4.69) is 24.0 Å². The Kier molecular flexibility index (Phi) is 4.83. The van der Waals surface area contributed by atoms with Crippen LogP contribution in [0, 0.1) is 10.7 Å². The number of rotatable bonds is 5. The maximum atomic E-state index is 5.95. The first-order valence-electron chi connectivity index (χ1n) is 6.54. The molecule has 0 aliphatic carbocycles. The Balaban J connectivity index is 2.21. The van der Waals surface area contributed by atoms with E-state index in [9.17, 15) is 0 Å². The zero-order valence-corrected chi connectivity index (χ0v) is 13.3.